The van der Waals surface area contributed by atoms with Gasteiger partial charge in [-0.3, -0.25) is 4.79 Å². The Kier molecular flexibility index (Phi) is 6.89. The molecule has 1 aromatic carbocycles. The summed E-state index contributed by atoms with van der Waals surface area (Å²) in [6.45, 7) is 2.97. The molecule has 17 heavy (non-hydrogen) atoms. The van der Waals surface area contributed by atoms with Gasteiger partial charge in [0, 0.05) is 5.33 Å². The van der Waals surface area contributed by atoms with Crippen LogP contribution in [0.15, 0.2) is 30.3 Å². The van der Waals surface area contributed by atoms with Crippen molar-refractivity contribution in [3.8, 4) is 0 Å². The summed E-state index contributed by atoms with van der Waals surface area (Å²) in [4.78, 5) is 11.6. The zero-order chi connectivity index (χ0) is 12.5. The molecule has 0 amide bonds. The van der Waals surface area contributed by atoms with Crippen molar-refractivity contribution >= 4 is 21.9 Å². The first kappa shape index (κ1) is 14.2. The molecule has 1 rings (SSSR count). The number of benzene rings is 1. The van der Waals surface area contributed by atoms with Crippen LogP contribution in [-0.2, 0) is 16.1 Å². The number of halogens is 1. The highest BCUT2D eigenvalue weighted by atomic mass is 79.9. The maximum absolute atomic E-state index is 11.6. The van der Waals surface area contributed by atoms with Crippen LogP contribution < -0.4 is 5.32 Å². The SMILES string of the molecule is CC(NCCCBr)C(=O)OCc1ccccc1. The van der Waals surface area contributed by atoms with Crippen molar-refractivity contribution in [2.45, 2.75) is 26.0 Å². The number of carbonyl (C=O) groups is 1. The molecular formula is C13H18BrNO2. The fraction of sp³-hybridized carbons (Fsp3) is 0.462. The first-order chi connectivity index (χ1) is 8.24. The van der Waals surface area contributed by atoms with Crippen molar-refractivity contribution < 1.29 is 9.53 Å². The minimum Gasteiger partial charge on any atom is -0.460 e. The summed E-state index contributed by atoms with van der Waals surface area (Å²) in [6.07, 6.45) is 0.996. The zero-order valence-electron chi connectivity index (χ0n) is 9.99. The molecule has 0 radical (unpaired) electrons. The van der Waals surface area contributed by atoms with E-state index in [1.54, 1.807) is 0 Å². The van der Waals surface area contributed by atoms with E-state index in [9.17, 15) is 4.79 Å². The second kappa shape index (κ2) is 8.25. The largest absolute Gasteiger partial charge is 0.460 e. The van der Waals surface area contributed by atoms with E-state index in [4.69, 9.17) is 4.74 Å². The fourth-order valence-corrected chi connectivity index (χ4v) is 1.60. The van der Waals surface area contributed by atoms with Crippen LogP contribution in [0.2, 0.25) is 0 Å². The Labute approximate surface area is 111 Å². The van der Waals surface area contributed by atoms with Crippen LogP contribution in [0.1, 0.15) is 18.9 Å². The van der Waals surface area contributed by atoms with Crippen molar-refractivity contribution in [2.75, 3.05) is 11.9 Å². The molecule has 0 spiro atoms. The monoisotopic (exact) mass is 299 g/mol. The third kappa shape index (κ3) is 5.84. The Morgan fingerprint density at radius 1 is 1.41 bits per heavy atom. The number of hydrogen-bond donors (Lipinski definition) is 1. The van der Waals surface area contributed by atoms with E-state index >= 15 is 0 Å². The molecule has 0 aromatic heterocycles. The Hall–Kier alpha value is -0.870. The van der Waals surface area contributed by atoms with E-state index < -0.39 is 0 Å². The molecule has 0 aliphatic carbocycles. The summed E-state index contributed by atoms with van der Waals surface area (Å²) >= 11 is 3.34. The average molecular weight is 300 g/mol. The number of carbonyl (C=O) groups excluding carboxylic acids is 1. The number of rotatable bonds is 7. The second-order valence-electron chi connectivity index (χ2n) is 3.81. The molecule has 0 saturated carbocycles. The van der Waals surface area contributed by atoms with E-state index in [-0.39, 0.29) is 12.0 Å². The molecule has 0 fully saturated rings. The minimum atomic E-state index is -0.252. The third-order valence-electron chi connectivity index (χ3n) is 2.34. The van der Waals surface area contributed by atoms with Gasteiger partial charge in [-0.25, -0.2) is 0 Å². The number of alkyl halides is 1. The van der Waals surface area contributed by atoms with Gasteiger partial charge in [-0.15, -0.1) is 0 Å². The highest BCUT2D eigenvalue weighted by Crippen LogP contribution is 2.01. The molecule has 1 atom stereocenters. The van der Waals surface area contributed by atoms with Gasteiger partial charge in [0.15, 0.2) is 0 Å². The minimum absolute atomic E-state index is 0.205. The lowest BCUT2D eigenvalue weighted by molar-refractivity contribution is -0.147. The van der Waals surface area contributed by atoms with Crippen molar-refractivity contribution in [1.82, 2.24) is 5.32 Å². The topological polar surface area (TPSA) is 38.3 Å². The van der Waals surface area contributed by atoms with Crippen molar-refractivity contribution in [2.24, 2.45) is 0 Å². The van der Waals surface area contributed by atoms with Crippen LogP contribution in [0.5, 0.6) is 0 Å². The molecule has 0 bridgehead atoms. The molecule has 1 N–H and O–H groups in total. The van der Waals surface area contributed by atoms with Crippen LogP contribution in [-0.4, -0.2) is 23.9 Å². The van der Waals surface area contributed by atoms with Crippen molar-refractivity contribution in [3.63, 3.8) is 0 Å². The normalized spacial score (nSPS) is 12.1. The van der Waals surface area contributed by atoms with Gasteiger partial charge in [0.2, 0.25) is 0 Å². The van der Waals surface area contributed by atoms with E-state index in [2.05, 4.69) is 21.2 Å². The number of hydrogen-bond acceptors (Lipinski definition) is 3. The molecule has 94 valence electrons. The van der Waals surface area contributed by atoms with Crippen LogP contribution in [0.3, 0.4) is 0 Å². The summed E-state index contributed by atoms with van der Waals surface area (Å²) in [7, 11) is 0. The summed E-state index contributed by atoms with van der Waals surface area (Å²) in [6, 6.07) is 9.43. The van der Waals surface area contributed by atoms with Crippen molar-refractivity contribution in [1.29, 1.82) is 0 Å². The highest BCUT2D eigenvalue weighted by molar-refractivity contribution is 9.09. The molecule has 3 nitrogen and oxygen atoms in total. The van der Waals surface area contributed by atoms with Crippen molar-refractivity contribution in [3.05, 3.63) is 35.9 Å². The lowest BCUT2D eigenvalue weighted by Gasteiger charge is -2.12. The molecule has 0 aliphatic rings. The molecule has 0 heterocycles. The maximum atomic E-state index is 11.6. The van der Waals surface area contributed by atoms with E-state index in [0.29, 0.717) is 6.61 Å². The van der Waals surface area contributed by atoms with Crippen LogP contribution in [0.4, 0.5) is 0 Å². The third-order valence-corrected chi connectivity index (χ3v) is 2.90. The quantitative estimate of drug-likeness (QED) is 0.478. The average Bonchev–Trinajstić information content (AvgIpc) is 2.37. The van der Waals surface area contributed by atoms with E-state index in [1.807, 2.05) is 37.3 Å². The predicted octanol–water partition coefficient (Wildman–Crippen LogP) is 2.49. The first-order valence-electron chi connectivity index (χ1n) is 5.74. The molecule has 0 saturated heterocycles. The Bertz CT molecular complexity index is 329. The lowest BCUT2D eigenvalue weighted by Crippen LogP contribution is -2.35. The van der Waals surface area contributed by atoms with Gasteiger partial charge in [0.1, 0.15) is 12.6 Å². The van der Waals surface area contributed by atoms with Gasteiger partial charge in [-0.05, 0) is 25.5 Å². The van der Waals surface area contributed by atoms with E-state index in [1.165, 1.54) is 0 Å². The lowest BCUT2D eigenvalue weighted by atomic mass is 10.2. The fourth-order valence-electron chi connectivity index (χ4n) is 1.32. The summed E-state index contributed by atoms with van der Waals surface area (Å²) < 4.78 is 5.21. The van der Waals surface area contributed by atoms with E-state index in [0.717, 1.165) is 23.9 Å². The van der Waals surface area contributed by atoms with Gasteiger partial charge < -0.3 is 10.1 Å². The van der Waals surface area contributed by atoms with Crippen LogP contribution in [0, 0.1) is 0 Å². The summed E-state index contributed by atoms with van der Waals surface area (Å²) in [5.41, 5.74) is 1.01. The van der Waals surface area contributed by atoms with Gasteiger partial charge >= 0.3 is 5.97 Å². The molecule has 1 unspecified atom stereocenters. The molecule has 1 aromatic rings. The number of esters is 1. The molecule has 0 aliphatic heterocycles. The Balaban J connectivity index is 2.24. The maximum Gasteiger partial charge on any atom is 0.323 e. The smallest absolute Gasteiger partial charge is 0.323 e. The molecule has 4 heteroatoms. The first-order valence-corrected chi connectivity index (χ1v) is 6.86. The van der Waals surface area contributed by atoms with Gasteiger partial charge in [-0.2, -0.15) is 0 Å². The predicted molar refractivity (Wildman–Crippen MR) is 72.1 cm³/mol. The summed E-state index contributed by atoms with van der Waals surface area (Å²) in [5.74, 6) is -0.205. The Morgan fingerprint density at radius 2 is 2.12 bits per heavy atom. The standard InChI is InChI=1S/C13H18BrNO2/c1-11(15-9-5-8-14)13(16)17-10-12-6-3-2-4-7-12/h2-4,6-7,11,15H,5,8-10H2,1H3. The second-order valence-corrected chi connectivity index (χ2v) is 4.60. The van der Waals surface area contributed by atoms with Gasteiger partial charge in [0.05, 0.1) is 0 Å². The number of ether oxygens (including phenoxy) is 1. The molecular weight excluding hydrogens is 282 g/mol. The van der Waals surface area contributed by atoms with Gasteiger partial charge in [-0.1, -0.05) is 46.3 Å². The number of nitrogens with one attached hydrogen (secondary N) is 1. The zero-order valence-corrected chi connectivity index (χ0v) is 11.6. The van der Waals surface area contributed by atoms with Gasteiger partial charge in [0.25, 0.3) is 0 Å². The summed E-state index contributed by atoms with van der Waals surface area (Å²) in [5, 5.41) is 4.05. The Morgan fingerprint density at radius 3 is 2.76 bits per heavy atom. The highest BCUT2D eigenvalue weighted by Gasteiger charge is 2.12. The van der Waals surface area contributed by atoms with Crippen LogP contribution >= 0.6 is 15.9 Å². The van der Waals surface area contributed by atoms with Crippen LogP contribution in [0.25, 0.3) is 0 Å².